The second kappa shape index (κ2) is 2.11. The maximum absolute atomic E-state index is 2.40. The van der Waals surface area contributed by atoms with Crippen molar-refractivity contribution in [2.24, 2.45) is 0 Å². The Morgan fingerprint density at radius 1 is 1.36 bits per heavy atom. The molecule has 0 aliphatic carbocycles. The van der Waals surface area contributed by atoms with Crippen LogP contribution in [-0.4, -0.2) is 5.37 Å². The molecule has 1 atom stereocenters. The molecule has 3 rings (SSSR count). The van der Waals surface area contributed by atoms with Crippen molar-refractivity contribution in [1.82, 2.24) is 0 Å². The Labute approximate surface area is 73.7 Å². The molecule has 2 heterocycles. The maximum atomic E-state index is 2.40. The summed E-state index contributed by atoms with van der Waals surface area (Å²) >= 11 is 0. The molecule has 1 unspecified atom stereocenters. The number of anilines is 1. The number of fused-ring (bicyclic) bond motifs is 3. The van der Waals surface area contributed by atoms with E-state index in [4.69, 9.17) is 0 Å². The molecular weight excluding hydrogens is 174 g/mol. The molecule has 0 spiro atoms. The summed E-state index contributed by atoms with van der Waals surface area (Å²) in [6.45, 7) is 0. The predicted octanol–water partition coefficient (Wildman–Crippen LogP) is 2.69. The lowest BCUT2D eigenvalue weighted by atomic mass is 10.2. The van der Waals surface area contributed by atoms with E-state index >= 15 is 0 Å². The molecule has 0 N–H and O–H groups in total. The summed E-state index contributed by atoms with van der Waals surface area (Å²) in [6, 6.07) is 8.68. The van der Waals surface area contributed by atoms with Crippen LogP contribution < -0.4 is 4.31 Å². The van der Waals surface area contributed by atoms with Gasteiger partial charge in [-0.15, -0.1) is 0 Å². The molecule has 3 heteroatoms. The number of benzene rings is 1. The number of hydrogen-bond acceptors (Lipinski definition) is 3. The fourth-order valence-electron chi connectivity index (χ4n) is 1.55. The molecule has 1 saturated heterocycles. The van der Waals surface area contributed by atoms with Gasteiger partial charge in [0.05, 0.1) is 5.69 Å². The topological polar surface area (TPSA) is 3.24 Å². The Morgan fingerprint density at radius 2 is 2.27 bits per heavy atom. The van der Waals surface area contributed by atoms with Crippen LogP contribution >= 0.6 is 21.8 Å². The zero-order chi connectivity index (χ0) is 7.26. The lowest BCUT2D eigenvalue weighted by Gasteiger charge is -2.33. The van der Waals surface area contributed by atoms with Gasteiger partial charge in [0.2, 0.25) is 0 Å². The van der Waals surface area contributed by atoms with Crippen molar-refractivity contribution in [3.05, 3.63) is 29.8 Å². The fourth-order valence-corrected chi connectivity index (χ4v) is 3.86. The SMILES string of the molecule is c1ccc2c(c1)CC1SSN21. The minimum atomic E-state index is 0.734. The molecule has 1 fully saturated rings. The first-order chi connectivity index (χ1) is 5.45. The molecule has 0 amide bonds. The van der Waals surface area contributed by atoms with Crippen LogP contribution in [0.5, 0.6) is 0 Å². The van der Waals surface area contributed by atoms with Crippen LogP contribution in [0.1, 0.15) is 5.56 Å². The number of para-hydroxylation sites is 1. The Balaban J connectivity index is 2.14. The summed E-state index contributed by atoms with van der Waals surface area (Å²) in [5.74, 6) is 0. The van der Waals surface area contributed by atoms with E-state index in [0.717, 1.165) is 5.37 Å². The second-order valence-electron chi connectivity index (χ2n) is 2.78. The third-order valence-corrected chi connectivity index (χ3v) is 4.96. The van der Waals surface area contributed by atoms with E-state index in [1.807, 2.05) is 21.8 Å². The molecule has 2 aliphatic heterocycles. The molecule has 0 bridgehead atoms. The van der Waals surface area contributed by atoms with Crippen molar-refractivity contribution in [2.75, 3.05) is 4.31 Å². The third-order valence-electron chi connectivity index (χ3n) is 2.12. The summed E-state index contributed by atoms with van der Waals surface area (Å²) in [6.07, 6.45) is 1.23. The Bertz CT molecular complexity index is 300. The van der Waals surface area contributed by atoms with Gasteiger partial charge in [0.25, 0.3) is 0 Å². The highest BCUT2D eigenvalue weighted by atomic mass is 33.1. The molecule has 0 radical (unpaired) electrons. The smallest absolute Gasteiger partial charge is 0.103 e. The van der Waals surface area contributed by atoms with E-state index in [1.54, 1.807) is 0 Å². The molecule has 2 aliphatic rings. The van der Waals surface area contributed by atoms with E-state index in [2.05, 4.69) is 28.6 Å². The summed E-state index contributed by atoms with van der Waals surface area (Å²) in [7, 11) is 3.84. The van der Waals surface area contributed by atoms with Crippen molar-refractivity contribution in [2.45, 2.75) is 11.8 Å². The molecule has 1 nitrogen and oxygen atoms in total. The third kappa shape index (κ3) is 0.754. The van der Waals surface area contributed by atoms with Crippen LogP contribution in [0, 0.1) is 0 Å². The first-order valence-electron chi connectivity index (χ1n) is 3.66. The summed E-state index contributed by atoms with van der Waals surface area (Å²) < 4.78 is 2.40. The molecule has 1 aromatic carbocycles. The average Bonchev–Trinajstić information content (AvgIpc) is 2.23. The van der Waals surface area contributed by atoms with E-state index in [0.29, 0.717) is 0 Å². The monoisotopic (exact) mass is 181 g/mol. The molecule has 0 saturated carbocycles. The average molecular weight is 181 g/mol. The van der Waals surface area contributed by atoms with E-state index in [1.165, 1.54) is 17.7 Å². The maximum Gasteiger partial charge on any atom is 0.103 e. The van der Waals surface area contributed by atoms with Gasteiger partial charge < -0.3 is 0 Å². The van der Waals surface area contributed by atoms with Gasteiger partial charge in [0, 0.05) is 17.4 Å². The first kappa shape index (κ1) is 6.26. The molecular formula is C8H7NS2. The Morgan fingerprint density at radius 3 is 3.09 bits per heavy atom. The molecule has 56 valence electrons. The highest BCUT2D eigenvalue weighted by Gasteiger charge is 2.38. The van der Waals surface area contributed by atoms with E-state index in [9.17, 15) is 0 Å². The second-order valence-corrected chi connectivity index (χ2v) is 5.09. The van der Waals surface area contributed by atoms with E-state index < -0.39 is 0 Å². The number of hydrogen-bond donors (Lipinski definition) is 0. The van der Waals surface area contributed by atoms with Crippen molar-refractivity contribution in [1.29, 1.82) is 0 Å². The molecule has 11 heavy (non-hydrogen) atoms. The van der Waals surface area contributed by atoms with Crippen LogP contribution in [0.15, 0.2) is 24.3 Å². The lowest BCUT2D eigenvalue weighted by molar-refractivity contribution is 0.977. The van der Waals surface area contributed by atoms with Gasteiger partial charge in [0.1, 0.15) is 5.37 Å². The molecule has 1 aromatic rings. The molecule has 0 aromatic heterocycles. The van der Waals surface area contributed by atoms with Gasteiger partial charge in [-0.1, -0.05) is 18.2 Å². The minimum absolute atomic E-state index is 0.734. The van der Waals surface area contributed by atoms with Crippen molar-refractivity contribution in [3.8, 4) is 0 Å². The first-order valence-corrected chi connectivity index (χ1v) is 5.83. The summed E-state index contributed by atoms with van der Waals surface area (Å²) in [5, 5.41) is 0.734. The number of rotatable bonds is 0. The van der Waals surface area contributed by atoms with Crippen LogP contribution in [0.2, 0.25) is 0 Å². The van der Waals surface area contributed by atoms with Crippen LogP contribution in [0.25, 0.3) is 0 Å². The van der Waals surface area contributed by atoms with Gasteiger partial charge in [-0.2, -0.15) is 0 Å². The van der Waals surface area contributed by atoms with Crippen molar-refractivity contribution in [3.63, 3.8) is 0 Å². The van der Waals surface area contributed by atoms with Gasteiger partial charge in [-0.25, -0.2) is 0 Å². The summed E-state index contributed by atoms with van der Waals surface area (Å²) in [4.78, 5) is 0. The van der Waals surface area contributed by atoms with Gasteiger partial charge in [0.15, 0.2) is 0 Å². The van der Waals surface area contributed by atoms with Crippen molar-refractivity contribution >= 4 is 27.5 Å². The summed E-state index contributed by atoms with van der Waals surface area (Å²) in [5.41, 5.74) is 2.94. The largest absolute Gasteiger partial charge is 0.293 e. The highest BCUT2D eigenvalue weighted by molar-refractivity contribution is 8.80. The fraction of sp³-hybridized carbons (Fsp3) is 0.250. The highest BCUT2D eigenvalue weighted by Crippen LogP contribution is 2.55. The Kier molecular flexibility index (Phi) is 1.20. The quantitative estimate of drug-likeness (QED) is 0.447. The van der Waals surface area contributed by atoms with Crippen molar-refractivity contribution < 1.29 is 0 Å². The zero-order valence-corrected chi connectivity index (χ0v) is 7.49. The van der Waals surface area contributed by atoms with Gasteiger partial charge in [-0.05, 0) is 22.4 Å². The Hall–Kier alpha value is -0.280. The van der Waals surface area contributed by atoms with E-state index in [-0.39, 0.29) is 0 Å². The zero-order valence-electron chi connectivity index (χ0n) is 5.86. The van der Waals surface area contributed by atoms with Crippen LogP contribution in [0.4, 0.5) is 5.69 Å². The minimum Gasteiger partial charge on any atom is -0.293 e. The van der Waals surface area contributed by atoms with Crippen LogP contribution in [-0.2, 0) is 6.42 Å². The van der Waals surface area contributed by atoms with Gasteiger partial charge in [-0.3, -0.25) is 4.31 Å². The normalized spacial score (nSPS) is 25.8. The predicted molar refractivity (Wildman–Crippen MR) is 51.6 cm³/mol. The van der Waals surface area contributed by atoms with Gasteiger partial charge >= 0.3 is 0 Å². The lowest BCUT2D eigenvalue weighted by Crippen LogP contribution is -2.28. The standard InChI is InChI=1S/C8H7NS2/c1-2-4-7-6(3-1)5-8-9(7)11-10-8/h1-4,8H,5H2. The number of nitrogens with zero attached hydrogens (tertiary/aromatic N) is 1. The van der Waals surface area contributed by atoms with Crippen LogP contribution in [0.3, 0.4) is 0 Å².